The number of benzene rings is 1. The Morgan fingerprint density at radius 3 is 2.16 bits per heavy atom. The average molecular weight is 354 g/mol. The minimum Gasteiger partial charge on any atom is -0.320 e. The molecule has 0 aliphatic heterocycles. The first kappa shape index (κ1) is 21.2. The van der Waals surface area contributed by atoms with Crippen molar-refractivity contribution in [2.45, 2.75) is 64.8 Å². The van der Waals surface area contributed by atoms with Crippen LogP contribution in [0.15, 0.2) is 18.2 Å². The van der Waals surface area contributed by atoms with Gasteiger partial charge in [-0.3, -0.25) is 14.5 Å². The van der Waals surface area contributed by atoms with E-state index in [2.05, 4.69) is 6.92 Å². The zero-order valence-electron chi connectivity index (χ0n) is 15.1. The molecule has 0 aliphatic rings. The van der Waals surface area contributed by atoms with E-state index in [9.17, 15) is 18.4 Å². The maximum absolute atomic E-state index is 13.3. The molecular weight excluding hydrogens is 326 g/mol. The summed E-state index contributed by atoms with van der Waals surface area (Å²) in [4.78, 5) is 25.8. The van der Waals surface area contributed by atoms with E-state index in [0.717, 1.165) is 48.8 Å². The smallest absolute Gasteiger partial charge is 0.245 e. The second-order valence-corrected chi connectivity index (χ2v) is 6.39. The molecule has 0 radical (unpaired) electrons. The second-order valence-electron chi connectivity index (χ2n) is 6.39. The van der Waals surface area contributed by atoms with Crippen LogP contribution in [0.25, 0.3) is 0 Å². The van der Waals surface area contributed by atoms with Gasteiger partial charge in [-0.25, -0.2) is 8.78 Å². The van der Waals surface area contributed by atoms with Crippen LogP contribution < -0.4 is 5.73 Å². The topological polar surface area (TPSA) is 63.4 Å². The minimum absolute atomic E-state index is 0.202. The first-order chi connectivity index (χ1) is 11.8. The summed E-state index contributed by atoms with van der Waals surface area (Å²) in [6.07, 6.45) is 5.90. The maximum Gasteiger partial charge on any atom is 0.245 e. The van der Waals surface area contributed by atoms with Crippen molar-refractivity contribution in [1.29, 1.82) is 0 Å². The molecule has 0 spiro atoms. The van der Waals surface area contributed by atoms with E-state index >= 15 is 0 Å². The Morgan fingerprint density at radius 2 is 1.60 bits per heavy atom. The lowest BCUT2D eigenvalue weighted by Crippen LogP contribution is -2.46. The van der Waals surface area contributed by atoms with E-state index in [-0.39, 0.29) is 18.5 Å². The number of rotatable bonds is 10. The molecule has 1 atom stereocenters. The van der Waals surface area contributed by atoms with Crippen LogP contribution in [-0.2, 0) is 16.0 Å². The fraction of sp³-hybridized carbons (Fsp3) is 0.579. The molecule has 0 unspecified atom stereocenters. The Hall–Kier alpha value is -1.82. The molecule has 1 aromatic carbocycles. The van der Waals surface area contributed by atoms with Gasteiger partial charge in [-0.15, -0.1) is 0 Å². The summed E-state index contributed by atoms with van der Waals surface area (Å²) in [5, 5.41) is 0. The number of amides is 2. The van der Waals surface area contributed by atoms with Gasteiger partial charge < -0.3 is 5.73 Å². The minimum atomic E-state index is -0.798. The van der Waals surface area contributed by atoms with Gasteiger partial charge in [0.1, 0.15) is 11.6 Å². The molecule has 0 aliphatic carbocycles. The number of halogens is 2. The van der Waals surface area contributed by atoms with Crippen LogP contribution >= 0.6 is 0 Å². The van der Waals surface area contributed by atoms with Gasteiger partial charge in [0.05, 0.1) is 12.5 Å². The summed E-state index contributed by atoms with van der Waals surface area (Å²) in [6.45, 7) is 3.94. The number of carbonyl (C=O) groups is 2. The number of hydrogen-bond donors (Lipinski definition) is 1. The fourth-order valence-corrected chi connectivity index (χ4v) is 2.64. The van der Waals surface area contributed by atoms with Gasteiger partial charge in [-0.2, -0.15) is 0 Å². The van der Waals surface area contributed by atoms with E-state index in [1.807, 2.05) is 0 Å². The summed E-state index contributed by atoms with van der Waals surface area (Å²) in [6, 6.07) is 2.14. The van der Waals surface area contributed by atoms with Crippen molar-refractivity contribution in [2.75, 3.05) is 6.54 Å². The monoisotopic (exact) mass is 354 g/mol. The predicted octanol–water partition coefficient (Wildman–Crippen LogP) is 3.57. The van der Waals surface area contributed by atoms with Gasteiger partial charge in [0.15, 0.2) is 0 Å². The van der Waals surface area contributed by atoms with E-state index in [0.29, 0.717) is 6.42 Å². The van der Waals surface area contributed by atoms with Gasteiger partial charge in [-0.1, -0.05) is 39.0 Å². The summed E-state index contributed by atoms with van der Waals surface area (Å²) in [5.74, 6) is -2.44. The number of hydrogen-bond acceptors (Lipinski definition) is 3. The number of unbranched alkanes of at least 4 members (excludes halogenated alkanes) is 5. The molecule has 4 nitrogen and oxygen atoms in total. The highest BCUT2D eigenvalue weighted by atomic mass is 19.1. The quantitative estimate of drug-likeness (QED) is 0.653. The van der Waals surface area contributed by atoms with Gasteiger partial charge in [0, 0.05) is 12.6 Å². The lowest BCUT2D eigenvalue weighted by Gasteiger charge is -2.23. The molecular formula is C19H28F2N2O2. The highest BCUT2D eigenvalue weighted by molar-refractivity contribution is 5.98. The van der Waals surface area contributed by atoms with E-state index in [1.54, 1.807) is 0 Å². The molecule has 0 bridgehead atoms. The highest BCUT2D eigenvalue weighted by Crippen LogP contribution is 2.12. The number of nitrogens with zero attached hydrogens (tertiary/aromatic N) is 1. The zero-order chi connectivity index (χ0) is 18.8. The van der Waals surface area contributed by atoms with E-state index < -0.39 is 29.5 Å². The number of imide groups is 1. The molecule has 25 heavy (non-hydrogen) atoms. The first-order valence-corrected chi connectivity index (χ1v) is 8.90. The van der Waals surface area contributed by atoms with Gasteiger partial charge in [0.2, 0.25) is 11.8 Å². The molecule has 140 valence electrons. The highest BCUT2D eigenvalue weighted by Gasteiger charge is 2.24. The van der Waals surface area contributed by atoms with Crippen LogP contribution in [0, 0.1) is 11.6 Å². The van der Waals surface area contributed by atoms with Crippen molar-refractivity contribution in [3.63, 3.8) is 0 Å². The molecule has 1 rings (SSSR count). The van der Waals surface area contributed by atoms with Crippen molar-refractivity contribution in [2.24, 2.45) is 5.73 Å². The Bertz CT molecular complexity index is 556. The standard InChI is InChI=1S/C19H28F2N2O2/c1-3-4-5-6-7-8-9-23(19(25)14(2)22)18(24)12-15-10-16(20)13-17(21)11-15/h10-11,13-14H,3-9,12,22H2,1-2H3/t14-/m0/s1. The Kier molecular flexibility index (Phi) is 9.27. The van der Waals surface area contributed by atoms with E-state index in [4.69, 9.17) is 5.73 Å². The summed E-state index contributed by atoms with van der Waals surface area (Å²) in [5.41, 5.74) is 5.82. The fourth-order valence-electron chi connectivity index (χ4n) is 2.64. The molecule has 0 fully saturated rings. The van der Waals surface area contributed by atoms with Crippen LogP contribution in [0.4, 0.5) is 8.78 Å². The Morgan fingerprint density at radius 1 is 1.04 bits per heavy atom. The third kappa shape index (κ3) is 7.73. The number of carbonyl (C=O) groups excluding carboxylic acids is 2. The first-order valence-electron chi connectivity index (χ1n) is 8.90. The lowest BCUT2D eigenvalue weighted by atomic mass is 10.1. The molecule has 0 saturated carbocycles. The molecule has 0 saturated heterocycles. The summed E-state index contributed by atoms with van der Waals surface area (Å²) < 4.78 is 26.5. The average Bonchev–Trinajstić information content (AvgIpc) is 2.52. The van der Waals surface area contributed by atoms with Crippen LogP contribution in [-0.4, -0.2) is 29.3 Å². The van der Waals surface area contributed by atoms with Crippen LogP contribution in [0.1, 0.15) is 57.9 Å². The zero-order valence-corrected chi connectivity index (χ0v) is 15.1. The van der Waals surface area contributed by atoms with Crippen LogP contribution in [0.2, 0.25) is 0 Å². The SMILES string of the molecule is CCCCCCCCN(C(=O)Cc1cc(F)cc(F)c1)C(=O)[C@H](C)N. The Labute approximate surface area is 148 Å². The van der Waals surface area contributed by atoms with Crippen molar-refractivity contribution in [3.05, 3.63) is 35.4 Å². The van der Waals surface area contributed by atoms with Crippen molar-refractivity contribution in [3.8, 4) is 0 Å². The molecule has 0 aromatic heterocycles. The lowest BCUT2D eigenvalue weighted by molar-refractivity contribution is -0.145. The second kappa shape index (κ2) is 10.9. The van der Waals surface area contributed by atoms with Crippen LogP contribution in [0.3, 0.4) is 0 Å². The molecule has 1 aromatic rings. The molecule has 0 heterocycles. The van der Waals surface area contributed by atoms with Crippen LogP contribution in [0.5, 0.6) is 0 Å². The third-order valence-corrected chi connectivity index (χ3v) is 3.97. The van der Waals surface area contributed by atoms with Crippen molar-refractivity contribution in [1.82, 2.24) is 4.90 Å². The number of nitrogens with two attached hydrogens (primary N) is 1. The third-order valence-electron chi connectivity index (χ3n) is 3.97. The van der Waals surface area contributed by atoms with Crippen molar-refractivity contribution < 1.29 is 18.4 Å². The van der Waals surface area contributed by atoms with Crippen molar-refractivity contribution >= 4 is 11.8 Å². The largest absolute Gasteiger partial charge is 0.320 e. The van der Waals surface area contributed by atoms with Gasteiger partial charge >= 0.3 is 0 Å². The molecule has 2 amide bonds. The Balaban J connectivity index is 2.67. The molecule has 6 heteroatoms. The normalized spacial score (nSPS) is 12.0. The summed E-state index contributed by atoms with van der Waals surface area (Å²) >= 11 is 0. The van der Waals surface area contributed by atoms with Gasteiger partial charge in [-0.05, 0) is 31.0 Å². The van der Waals surface area contributed by atoms with Gasteiger partial charge in [0.25, 0.3) is 0 Å². The maximum atomic E-state index is 13.3. The van der Waals surface area contributed by atoms with E-state index in [1.165, 1.54) is 13.3 Å². The summed E-state index contributed by atoms with van der Waals surface area (Å²) in [7, 11) is 0. The molecule has 2 N–H and O–H groups in total. The predicted molar refractivity (Wildman–Crippen MR) is 93.8 cm³/mol.